The van der Waals surface area contributed by atoms with E-state index in [-0.39, 0.29) is 17.9 Å². The molecular formula is C20H29N3O3. The molecule has 2 aromatic heterocycles. The van der Waals surface area contributed by atoms with Gasteiger partial charge in [-0.2, -0.15) is 0 Å². The lowest BCUT2D eigenvalue weighted by molar-refractivity contribution is -0.131. The van der Waals surface area contributed by atoms with Gasteiger partial charge in [0, 0.05) is 30.9 Å². The average molecular weight is 359 g/mol. The van der Waals surface area contributed by atoms with Crippen molar-refractivity contribution in [3.8, 4) is 0 Å². The molecule has 0 aliphatic heterocycles. The smallest absolute Gasteiger partial charge is 0.287 e. The second-order valence-electron chi connectivity index (χ2n) is 6.69. The summed E-state index contributed by atoms with van der Waals surface area (Å²) in [6, 6.07) is 7.56. The van der Waals surface area contributed by atoms with Gasteiger partial charge >= 0.3 is 0 Å². The number of rotatable bonds is 9. The Morgan fingerprint density at radius 1 is 1.23 bits per heavy atom. The summed E-state index contributed by atoms with van der Waals surface area (Å²) in [4.78, 5) is 26.0. The van der Waals surface area contributed by atoms with E-state index in [1.807, 2.05) is 50.1 Å². The number of aromatic nitrogens is 1. The summed E-state index contributed by atoms with van der Waals surface area (Å²) < 4.78 is 7.73. The first-order valence-electron chi connectivity index (χ1n) is 9.25. The van der Waals surface area contributed by atoms with Crippen LogP contribution < -0.4 is 5.32 Å². The molecule has 0 saturated heterocycles. The highest BCUT2D eigenvalue weighted by Gasteiger charge is 2.15. The van der Waals surface area contributed by atoms with E-state index >= 15 is 0 Å². The van der Waals surface area contributed by atoms with Crippen LogP contribution in [0.15, 0.2) is 34.9 Å². The fourth-order valence-corrected chi connectivity index (χ4v) is 2.81. The van der Waals surface area contributed by atoms with E-state index in [9.17, 15) is 9.59 Å². The van der Waals surface area contributed by atoms with Crippen molar-refractivity contribution in [1.82, 2.24) is 14.8 Å². The third-order valence-corrected chi connectivity index (χ3v) is 4.06. The Morgan fingerprint density at radius 3 is 2.65 bits per heavy atom. The summed E-state index contributed by atoms with van der Waals surface area (Å²) in [7, 11) is 0. The third kappa shape index (κ3) is 5.25. The van der Waals surface area contributed by atoms with Crippen molar-refractivity contribution >= 4 is 11.8 Å². The molecule has 0 spiro atoms. The van der Waals surface area contributed by atoms with E-state index in [1.54, 1.807) is 6.07 Å². The Bertz CT molecular complexity index is 730. The lowest BCUT2D eigenvalue weighted by Gasteiger charge is -2.22. The van der Waals surface area contributed by atoms with Crippen LogP contribution in [-0.2, 0) is 17.9 Å². The molecule has 0 atom stereocenters. The number of furan rings is 1. The van der Waals surface area contributed by atoms with E-state index in [1.165, 1.54) is 0 Å². The van der Waals surface area contributed by atoms with Crippen LogP contribution in [0.25, 0.3) is 0 Å². The SMILES string of the molecule is CCCN(Cc1cccn1Cc1ccc(C(=O)NC(C)C)o1)C(=O)CC. The second-order valence-corrected chi connectivity index (χ2v) is 6.69. The van der Waals surface area contributed by atoms with Gasteiger partial charge in [0.1, 0.15) is 5.76 Å². The van der Waals surface area contributed by atoms with E-state index in [0.717, 1.165) is 18.7 Å². The van der Waals surface area contributed by atoms with Crippen molar-refractivity contribution in [3.63, 3.8) is 0 Å². The van der Waals surface area contributed by atoms with Crippen molar-refractivity contribution in [2.45, 2.75) is 59.7 Å². The first kappa shape index (κ1) is 19.8. The predicted molar refractivity (Wildman–Crippen MR) is 101 cm³/mol. The molecule has 0 aliphatic rings. The molecule has 0 aliphatic carbocycles. The first-order valence-corrected chi connectivity index (χ1v) is 9.25. The quantitative estimate of drug-likeness (QED) is 0.746. The fraction of sp³-hybridized carbons (Fsp3) is 0.500. The predicted octanol–water partition coefficient (Wildman–Crippen LogP) is 3.42. The van der Waals surface area contributed by atoms with Gasteiger partial charge in [-0.3, -0.25) is 9.59 Å². The van der Waals surface area contributed by atoms with Crippen LogP contribution in [0.2, 0.25) is 0 Å². The number of nitrogens with zero attached hydrogens (tertiary/aromatic N) is 2. The number of amides is 2. The molecule has 2 aromatic rings. The zero-order valence-electron chi connectivity index (χ0n) is 16.1. The molecule has 2 heterocycles. The van der Waals surface area contributed by atoms with Gasteiger partial charge in [0.25, 0.3) is 5.91 Å². The number of hydrogen-bond acceptors (Lipinski definition) is 3. The Morgan fingerprint density at radius 2 is 2.00 bits per heavy atom. The van der Waals surface area contributed by atoms with Gasteiger partial charge in [-0.15, -0.1) is 0 Å². The monoisotopic (exact) mass is 359 g/mol. The van der Waals surface area contributed by atoms with E-state index < -0.39 is 0 Å². The minimum absolute atomic E-state index is 0.0627. The minimum atomic E-state index is -0.207. The van der Waals surface area contributed by atoms with Crippen LogP contribution in [0.5, 0.6) is 0 Å². The molecule has 0 fully saturated rings. The molecule has 0 aromatic carbocycles. The Balaban J connectivity index is 2.08. The zero-order valence-corrected chi connectivity index (χ0v) is 16.1. The molecule has 1 N–H and O–H groups in total. The van der Waals surface area contributed by atoms with Crippen molar-refractivity contribution in [2.75, 3.05) is 6.54 Å². The lowest BCUT2D eigenvalue weighted by atomic mass is 10.3. The first-order chi connectivity index (χ1) is 12.4. The largest absolute Gasteiger partial charge is 0.454 e. The highest BCUT2D eigenvalue weighted by Crippen LogP contribution is 2.14. The summed E-state index contributed by atoms with van der Waals surface area (Å²) in [6.07, 6.45) is 3.40. The van der Waals surface area contributed by atoms with Crippen molar-refractivity contribution < 1.29 is 14.0 Å². The summed E-state index contributed by atoms with van der Waals surface area (Å²) in [5.74, 6) is 0.975. The average Bonchev–Trinajstić information content (AvgIpc) is 3.23. The zero-order chi connectivity index (χ0) is 19.1. The molecule has 0 bridgehead atoms. The molecule has 2 amide bonds. The standard InChI is InChI=1S/C20H29N3O3/c1-5-11-23(19(24)6-2)13-16-8-7-12-22(16)14-17-9-10-18(26-17)20(25)21-15(3)4/h7-10,12,15H,5-6,11,13-14H2,1-4H3,(H,21,25). The van der Waals surface area contributed by atoms with E-state index in [4.69, 9.17) is 4.42 Å². The number of hydrogen-bond donors (Lipinski definition) is 1. The Hall–Kier alpha value is -2.50. The molecular weight excluding hydrogens is 330 g/mol. The molecule has 0 radical (unpaired) electrons. The highest BCUT2D eigenvalue weighted by molar-refractivity contribution is 5.91. The fourth-order valence-electron chi connectivity index (χ4n) is 2.81. The summed E-state index contributed by atoms with van der Waals surface area (Å²) in [5.41, 5.74) is 1.05. The van der Waals surface area contributed by atoms with Gasteiger partial charge in [0.2, 0.25) is 5.91 Å². The molecule has 26 heavy (non-hydrogen) atoms. The van der Waals surface area contributed by atoms with Crippen LogP contribution >= 0.6 is 0 Å². The highest BCUT2D eigenvalue weighted by atomic mass is 16.4. The number of carbonyl (C=O) groups is 2. The molecule has 6 heteroatoms. The second kappa shape index (κ2) is 9.27. The van der Waals surface area contributed by atoms with E-state index in [0.29, 0.717) is 31.0 Å². The van der Waals surface area contributed by atoms with Gasteiger partial charge in [-0.1, -0.05) is 13.8 Å². The summed E-state index contributed by atoms with van der Waals surface area (Å²) in [5, 5.41) is 2.82. The summed E-state index contributed by atoms with van der Waals surface area (Å²) in [6.45, 7) is 9.63. The topological polar surface area (TPSA) is 67.5 Å². The minimum Gasteiger partial charge on any atom is -0.454 e. The number of carbonyl (C=O) groups excluding carboxylic acids is 2. The van der Waals surface area contributed by atoms with Crippen LogP contribution in [0.1, 0.15) is 62.5 Å². The van der Waals surface area contributed by atoms with Crippen LogP contribution in [0.3, 0.4) is 0 Å². The van der Waals surface area contributed by atoms with Crippen molar-refractivity contribution in [3.05, 3.63) is 47.7 Å². The molecule has 0 saturated carbocycles. The van der Waals surface area contributed by atoms with Crippen LogP contribution in [0.4, 0.5) is 0 Å². The molecule has 0 unspecified atom stereocenters. The van der Waals surface area contributed by atoms with Crippen molar-refractivity contribution in [2.24, 2.45) is 0 Å². The molecule has 2 rings (SSSR count). The molecule has 142 valence electrons. The van der Waals surface area contributed by atoms with Gasteiger partial charge in [0.15, 0.2) is 5.76 Å². The van der Waals surface area contributed by atoms with Gasteiger partial charge < -0.3 is 19.2 Å². The third-order valence-electron chi connectivity index (χ3n) is 4.06. The molecule has 6 nitrogen and oxygen atoms in total. The van der Waals surface area contributed by atoms with Gasteiger partial charge in [-0.05, 0) is 44.5 Å². The van der Waals surface area contributed by atoms with Crippen LogP contribution in [-0.4, -0.2) is 33.9 Å². The maximum absolute atomic E-state index is 12.1. The van der Waals surface area contributed by atoms with Gasteiger partial charge in [-0.25, -0.2) is 0 Å². The maximum Gasteiger partial charge on any atom is 0.287 e. The van der Waals surface area contributed by atoms with Crippen LogP contribution in [0, 0.1) is 0 Å². The van der Waals surface area contributed by atoms with E-state index in [2.05, 4.69) is 16.8 Å². The number of nitrogens with one attached hydrogen (secondary N) is 1. The normalized spacial score (nSPS) is 11.0. The Kier molecular flexibility index (Phi) is 7.06. The Labute approximate surface area is 155 Å². The van der Waals surface area contributed by atoms with Gasteiger partial charge in [0.05, 0.1) is 13.1 Å². The summed E-state index contributed by atoms with van der Waals surface area (Å²) >= 11 is 0. The maximum atomic E-state index is 12.1. The lowest BCUT2D eigenvalue weighted by Crippen LogP contribution is -2.31. The van der Waals surface area contributed by atoms with Crippen molar-refractivity contribution in [1.29, 1.82) is 0 Å².